The van der Waals surface area contributed by atoms with Gasteiger partial charge in [0.15, 0.2) is 0 Å². The summed E-state index contributed by atoms with van der Waals surface area (Å²) in [6.45, 7) is 0.179. The molecule has 1 N–H and O–H groups in total. The molecule has 0 amide bonds. The maximum atomic E-state index is 12.6. The molecule has 0 radical (unpaired) electrons. The normalized spacial score (nSPS) is 11.3. The van der Waals surface area contributed by atoms with Gasteiger partial charge in [-0.1, -0.05) is 23.4 Å². The number of anilines is 1. The highest BCUT2D eigenvalue weighted by atomic mass is 19.4. The highest BCUT2D eigenvalue weighted by Crippen LogP contribution is 2.30. The largest absolute Gasteiger partial charge is 0.465 e. The molecule has 0 bridgehead atoms. The van der Waals surface area contributed by atoms with Crippen LogP contribution < -0.4 is 5.32 Å². The average molecular weight is 377 g/mol. The highest BCUT2D eigenvalue weighted by molar-refractivity contribution is 5.90. The zero-order valence-corrected chi connectivity index (χ0v) is 14.1. The number of benzene rings is 2. The van der Waals surface area contributed by atoms with E-state index >= 15 is 0 Å². The van der Waals surface area contributed by atoms with Crippen molar-refractivity contribution in [2.75, 3.05) is 12.4 Å². The maximum Gasteiger partial charge on any atom is 0.416 e. The van der Waals surface area contributed by atoms with Gasteiger partial charge in [-0.05, 0) is 30.3 Å². The third-order valence-electron chi connectivity index (χ3n) is 3.67. The number of carbonyl (C=O) groups is 1. The van der Waals surface area contributed by atoms with E-state index in [2.05, 4.69) is 20.2 Å². The second-order valence-corrected chi connectivity index (χ2v) is 5.51. The number of carbonyl (C=O) groups excluding carboxylic acids is 1. The first-order chi connectivity index (χ1) is 12.9. The summed E-state index contributed by atoms with van der Waals surface area (Å²) < 4.78 is 47.6. The highest BCUT2D eigenvalue weighted by Gasteiger charge is 2.30. The number of hydrogen-bond acceptors (Lipinski definition) is 6. The maximum absolute atomic E-state index is 12.6. The zero-order chi connectivity index (χ0) is 19.4. The van der Waals surface area contributed by atoms with E-state index < -0.39 is 17.7 Å². The van der Waals surface area contributed by atoms with E-state index in [0.717, 1.165) is 12.1 Å². The minimum atomic E-state index is -4.40. The Balaban J connectivity index is 1.67. The third-order valence-corrected chi connectivity index (χ3v) is 3.67. The number of alkyl halides is 3. The van der Waals surface area contributed by atoms with Crippen LogP contribution in [-0.2, 0) is 17.5 Å². The van der Waals surface area contributed by atoms with Gasteiger partial charge in [-0.25, -0.2) is 4.79 Å². The fourth-order valence-electron chi connectivity index (χ4n) is 2.30. The molecular formula is C18H14F3N3O3. The van der Waals surface area contributed by atoms with Crippen LogP contribution in [0.25, 0.3) is 11.4 Å². The van der Waals surface area contributed by atoms with Crippen LogP contribution in [0.1, 0.15) is 21.8 Å². The molecule has 0 aliphatic carbocycles. The van der Waals surface area contributed by atoms with E-state index in [0.29, 0.717) is 16.8 Å². The van der Waals surface area contributed by atoms with Crippen LogP contribution in [0.2, 0.25) is 0 Å². The Hall–Kier alpha value is -3.36. The van der Waals surface area contributed by atoms with Gasteiger partial charge in [0.2, 0.25) is 11.7 Å². The first kappa shape index (κ1) is 18.4. The van der Waals surface area contributed by atoms with E-state index in [-0.39, 0.29) is 18.3 Å². The molecule has 140 valence electrons. The standard InChI is InChI=1S/C18H14F3N3O3/c1-26-17(25)12-3-2-4-14(9-12)22-10-15-23-16(24-27-15)11-5-7-13(8-6-11)18(19,20)21/h2-9,22H,10H2,1H3. The molecule has 2 aromatic carbocycles. The van der Waals surface area contributed by atoms with E-state index in [1.54, 1.807) is 24.3 Å². The number of esters is 1. The Kier molecular flexibility index (Phi) is 5.11. The molecule has 3 aromatic rings. The van der Waals surface area contributed by atoms with Gasteiger partial charge in [0.25, 0.3) is 0 Å². The predicted molar refractivity (Wildman–Crippen MR) is 89.8 cm³/mol. The number of ether oxygens (including phenoxy) is 1. The number of aromatic nitrogens is 2. The van der Waals surface area contributed by atoms with E-state index in [1.165, 1.54) is 19.2 Å². The summed E-state index contributed by atoms with van der Waals surface area (Å²) in [5.41, 5.74) is 0.693. The van der Waals surface area contributed by atoms with Crippen LogP contribution in [-0.4, -0.2) is 23.2 Å². The minimum Gasteiger partial charge on any atom is -0.465 e. The van der Waals surface area contributed by atoms with Crippen LogP contribution in [0.4, 0.5) is 18.9 Å². The smallest absolute Gasteiger partial charge is 0.416 e. The molecule has 0 unspecified atom stereocenters. The Bertz CT molecular complexity index is 937. The molecule has 0 atom stereocenters. The molecule has 1 aromatic heterocycles. The second kappa shape index (κ2) is 7.48. The number of nitrogens with zero attached hydrogens (tertiary/aromatic N) is 2. The monoisotopic (exact) mass is 377 g/mol. The van der Waals surface area contributed by atoms with Gasteiger partial charge in [-0.2, -0.15) is 18.2 Å². The lowest BCUT2D eigenvalue weighted by Gasteiger charge is -2.06. The lowest BCUT2D eigenvalue weighted by Crippen LogP contribution is -2.04. The Labute approximate surface area is 152 Å². The van der Waals surface area contributed by atoms with Crippen molar-refractivity contribution in [2.45, 2.75) is 12.7 Å². The van der Waals surface area contributed by atoms with Crippen molar-refractivity contribution in [1.82, 2.24) is 10.1 Å². The van der Waals surface area contributed by atoms with Gasteiger partial charge in [0, 0.05) is 11.3 Å². The summed E-state index contributed by atoms with van der Waals surface area (Å²) in [4.78, 5) is 15.7. The number of methoxy groups -OCH3 is 1. The van der Waals surface area contributed by atoms with Gasteiger partial charge in [-0.15, -0.1) is 0 Å². The van der Waals surface area contributed by atoms with Crippen molar-refractivity contribution in [3.63, 3.8) is 0 Å². The van der Waals surface area contributed by atoms with Gasteiger partial charge >= 0.3 is 12.1 Å². The van der Waals surface area contributed by atoms with Gasteiger partial charge in [-0.3, -0.25) is 0 Å². The van der Waals surface area contributed by atoms with Crippen molar-refractivity contribution >= 4 is 11.7 Å². The number of hydrogen-bond donors (Lipinski definition) is 1. The summed E-state index contributed by atoms with van der Waals surface area (Å²) in [7, 11) is 1.30. The molecular weight excluding hydrogens is 363 g/mol. The molecule has 0 saturated heterocycles. The summed E-state index contributed by atoms with van der Waals surface area (Å²) >= 11 is 0. The van der Waals surface area contributed by atoms with E-state index in [4.69, 9.17) is 4.52 Å². The molecule has 0 saturated carbocycles. The van der Waals surface area contributed by atoms with Crippen molar-refractivity contribution in [1.29, 1.82) is 0 Å². The minimum absolute atomic E-state index is 0.179. The molecule has 0 fully saturated rings. The number of nitrogens with one attached hydrogen (secondary N) is 1. The van der Waals surface area contributed by atoms with Gasteiger partial charge < -0.3 is 14.6 Å². The van der Waals surface area contributed by atoms with Crippen molar-refractivity contribution in [3.8, 4) is 11.4 Å². The molecule has 0 spiro atoms. The lowest BCUT2D eigenvalue weighted by atomic mass is 10.1. The Morgan fingerprint density at radius 3 is 2.59 bits per heavy atom. The van der Waals surface area contributed by atoms with Crippen molar-refractivity contribution in [3.05, 3.63) is 65.5 Å². The Morgan fingerprint density at radius 2 is 1.93 bits per heavy atom. The number of halogens is 3. The predicted octanol–water partition coefficient (Wildman–Crippen LogP) is 4.15. The fourth-order valence-corrected chi connectivity index (χ4v) is 2.30. The molecule has 1 heterocycles. The topological polar surface area (TPSA) is 77.2 Å². The van der Waals surface area contributed by atoms with Crippen LogP contribution in [0.5, 0.6) is 0 Å². The van der Waals surface area contributed by atoms with Crippen LogP contribution in [0.3, 0.4) is 0 Å². The molecule has 0 aliphatic rings. The molecule has 0 aliphatic heterocycles. The van der Waals surface area contributed by atoms with Crippen molar-refractivity contribution < 1.29 is 27.2 Å². The SMILES string of the molecule is COC(=O)c1cccc(NCc2nc(-c3ccc(C(F)(F)F)cc3)no2)c1. The van der Waals surface area contributed by atoms with Crippen LogP contribution in [0, 0.1) is 0 Å². The van der Waals surface area contributed by atoms with Crippen LogP contribution in [0.15, 0.2) is 53.1 Å². The lowest BCUT2D eigenvalue weighted by molar-refractivity contribution is -0.137. The zero-order valence-electron chi connectivity index (χ0n) is 14.1. The fraction of sp³-hybridized carbons (Fsp3) is 0.167. The van der Waals surface area contributed by atoms with Crippen LogP contribution >= 0.6 is 0 Å². The first-order valence-electron chi connectivity index (χ1n) is 7.79. The first-order valence-corrected chi connectivity index (χ1v) is 7.79. The number of rotatable bonds is 5. The Morgan fingerprint density at radius 1 is 1.19 bits per heavy atom. The molecule has 3 rings (SSSR count). The summed E-state index contributed by atoms with van der Waals surface area (Å²) in [5.74, 6) is -0.0294. The summed E-state index contributed by atoms with van der Waals surface area (Å²) in [6.07, 6.45) is -4.40. The third kappa shape index (κ3) is 4.43. The van der Waals surface area contributed by atoms with Crippen molar-refractivity contribution in [2.24, 2.45) is 0 Å². The average Bonchev–Trinajstić information content (AvgIpc) is 3.14. The quantitative estimate of drug-likeness (QED) is 0.673. The van der Waals surface area contributed by atoms with E-state index in [1.807, 2.05) is 0 Å². The van der Waals surface area contributed by atoms with E-state index in [9.17, 15) is 18.0 Å². The molecule has 6 nitrogen and oxygen atoms in total. The molecule has 9 heteroatoms. The van der Waals surface area contributed by atoms with Gasteiger partial charge in [0.1, 0.15) is 0 Å². The van der Waals surface area contributed by atoms with Gasteiger partial charge in [0.05, 0.1) is 24.8 Å². The summed E-state index contributed by atoms with van der Waals surface area (Å²) in [5, 5.41) is 6.79. The second-order valence-electron chi connectivity index (χ2n) is 5.51. The molecule has 27 heavy (non-hydrogen) atoms. The summed E-state index contributed by atoms with van der Waals surface area (Å²) in [6, 6.07) is 11.2.